The number of anilines is 1. The van der Waals surface area contributed by atoms with Crippen molar-refractivity contribution in [3.63, 3.8) is 0 Å². The number of pyridine rings is 1. The number of hydrogen-bond donors (Lipinski definition) is 1. The van der Waals surface area contributed by atoms with Crippen molar-refractivity contribution < 1.29 is 17.7 Å². The molecule has 188 valence electrons. The van der Waals surface area contributed by atoms with Gasteiger partial charge in [-0.15, -0.1) is 0 Å². The van der Waals surface area contributed by atoms with E-state index in [2.05, 4.69) is 47.4 Å². The van der Waals surface area contributed by atoms with E-state index < -0.39 is 10.0 Å². The number of nitrogens with zero attached hydrogens (tertiary/aromatic N) is 1. The van der Waals surface area contributed by atoms with E-state index >= 15 is 0 Å². The molecule has 0 atom stereocenters. The van der Waals surface area contributed by atoms with Gasteiger partial charge in [0.25, 0.3) is 10.0 Å². The number of fused-ring (bicyclic) bond motifs is 2. The highest BCUT2D eigenvalue weighted by atomic mass is 32.2. The van der Waals surface area contributed by atoms with Crippen LogP contribution in [0.15, 0.2) is 124 Å². The third kappa shape index (κ3) is 4.66. The topological polar surface area (TPSA) is 59.3 Å². The van der Waals surface area contributed by atoms with Crippen LogP contribution in [0.5, 0.6) is 11.5 Å². The summed E-state index contributed by atoms with van der Waals surface area (Å²) in [5.41, 5.74) is 5.83. The number of ether oxygens (including phenoxy) is 1. The van der Waals surface area contributed by atoms with Crippen LogP contribution in [0, 0.1) is 13.8 Å². The second kappa shape index (κ2) is 9.67. The Morgan fingerprint density at radius 1 is 0.684 bits per heavy atom. The molecule has 0 saturated carbocycles. The lowest BCUT2D eigenvalue weighted by molar-refractivity contribution is -0.609. The molecular formula is C31H25N2O3S2+. The lowest BCUT2D eigenvalue weighted by Crippen LogP contribution is -2.37. The van der Waals surface area contributed by atoms with Gasteiger partial charge in [0.1, 0.15) is 11.5 Å². The van der Waals surface area contributed by atoms with Gasteiger partial charge < -0.3 is 4.74 Å². The van der Waals surface area contributed by atoms with E-state index in [-0.39, 0.29) is 4.90 Å². The van der Waals surface area contributed by atoms with Gasteiger partial charge >= 0.3 is 0 Å². The number of para-hydroxylation sites is 1. The summed E-state index contributed by atoms with van der Waals surface area (Å²) in [6, 6.07) is 34.6. The van der Waals surface area contributed by atoms with Crippen molar-refractivity contribution in [1.29, 1.82) is 0 Å². The maximum atomic E-state index is 13.2. The van der Waals surface area contributed by atoms with E-state index in [1.807, 2.05) is 54.6 Å². The number of nitrogens with one attached hydrogen (secondary N) is 1. The first-order chi connectivity index (χ1) is 18.4. The summed E-state index contributed by atoms with van der Waals surface area (Å²) < 4.78 is 37.2. The molecule has 2 heterocycles. The molecule has 5 aromatic rings. The van der Waals surface area contributed by atoms with E-state index in [4.69, 9.17) is 4.74 Å². The highest BCUT2D eigenvalue weighted by molar-refractivity contribution is 7.99. The molecule has 0 amide bonds. The van der Waals surface area contributed by atoms with Crippen LogP contribution in [0.4, 0.5) is 5.69 Å². The highest BCUT2D eigenvalue weighted by Gasteiger charge is 2.22. The van der Waals surface area contributed by atoms with Crippen LogP contribution in [0.2, 0.25) is 0 Å². The minimum absolute atomic E-state index is 0.199. The van der Waals surface area contributed by atoms with Crippen LogP contribution in [0.3, 0.4) is 0 Å². The molecule has 1 aliphatic rings. The van der Waals surface area contributed by atoms with Gasteiger partial charge in [0.05, 0.1) is 20.4 Å². The lowest BCUT2D eigenvalue weighted by Gasteiger charge is -2.20. The predicted octanol–water partition coefficient (Wildman–Crippen LogP) is 7.30. The molecule has 4 aromatic carbocycles. The van der Waals surface area contributed by atoms with E-state index in [1.54, 1.807) is 42.1 Å². The molecular weight excluding hydrogens is 512 g/mol. The van der Waals surface area contributed by atoms with Gasteiger partial charge in [-0.3, -0.25) is 4.72 Å². The van der Waals surface area contributed by atoms with Gasteiger partial charge in [0.15, 0.2) is 11.4 Å². The zero-order chi connectivity index (χ0) is 26.3. The maximum Gasteiger partial charge on any atom is 0.261 e. The van der Waals surface area contributed by atoms with Gasteiger partial charge in [-0.05, 0) is 53.6 Å². The van der Waals surface area contributed by atoms with Gasteiger partial charge in [0.2, 0.25) is 5.69 Å². The first kappa shape index (κ1) is 24.3. The Balaban J connectivity index is 1.24. The van der Waals surface area contributed by atoms with Crippen LogP contribution in [0.25, 0.3) is 16.8 Å². The molecule has 7 heteroatoms. The van der Waals surface area contributed by atoms with Crippen LogP contribution in [-0.2, 0) is 10.0 Å². The summed E-state index contributed by atoms with van der Waals surface area (Å²) in [6.45, 7) is 4.11. The number of benzene rings is 4. The number of aryl methyl sites for hydroxylation is 2. The standard InChI is InChI=1S/C31H25N2O3S2/c1-21-18-24(23-8-4-3-5-9-23)19-22(2)33(21)26-13-15-27(16-14-26)38(34,35)32-25-12-17-29-31(20-25)37-30-11-7-6-10-28(30)36-29/h3-20,32H,1-2H3/q+1. The zero-order valence-electron chi connectivity index (χ0n) is 20.9. The van der Waals surface area contributed by atoms with Crippen LogP contribution >= 0.6 is 11.8 Å². The molecule has 0 unspecified atom stereocenters. The average Bonchev–Trinajstić information content (AvgIpc) is 2.92. The van der Waals surface area contributed by atoms with Gasteiger partial charge in [-0.2, -0.15) is 4.57 Å². The molecule has 1 aromatic heterocycles. The van der Waals surface area contributed by atoms with E-state index in [9.17, 15) is 8.42 Å². The molecule has 0 aliphatic carbocycles. The SMILES string of the molecule is Cc1cc(-c2ccccc2)cc(C)[n+]1-c1ccc(S(=O)(=O)Nc2ccc3c(c2)Sc2ccccc2O3)cc1. The lowest BCUT2D eigenvalue weighted by atomic mass is 10.0. The first-order valence-corrected chi connectivity index (χ1v) is 14.5. The minimum atomic E-state index is -3.77. The monoisotopic (exact) mass is 537 g/mol. The summed E-state index contributed by atoms with van der Waals surface area (Å²) in [7, 11) is -3.77. The second-order valence-electron chi connectivity index (χ2n) is 9.14. The number of aromatic nitrogens is 1. The Morgan fingerprint density at radius 2 is 1.34 bits per heavy atom. The fraction of sp³-hybridized carbons (Fsp3) is 0.0645. The Morgan fingerprint density at radius 3 is 2.08 bits per heavy atom. The molecule has 6 rings (SSSR count). The summed E-state index contributed by atoms with van der Waals surface area (Å²) in [4.78, 5) is 2.06. The van der Waals surface area contributed by atoms with Crippen molar-refractivity contribution in [2.45, 2.75) is 28.5 Å². The summed E-state index contributed by atoms with van der Waals surface area (Å²) in [5.74, 6) is 1.51. The van der Waals surface area contributed by atoms with Crippen LogP contribution in [0.1, 0.15) is 11.4 Å². The Labute approximate surface area is 226 Å². The average molecular weight is 538 g/mol. The fourth-order valence-corrected chi connectivity index (χ4v) is 6.72. The van der Waals surface area contributed by atoms with E-state index in [0.29, 0.717) is 11.4 Å². The quantitative estimate of drug-likeness (QED) is 0.234. The van der Waals surface area contributed by atoms with E-state index in [1.165, 1.54) is 0 Å². The smallest absolute Gasteiger partial charge is 0.261 e. The van der Waals surface area contributed by atoms with E-state index in [0.717, 1.165) is 43.7 Å². The Hall–Kier alpha value is -4.07. The molecule has 1 aliphatic heterocycles. The molecule has 0 fully saturated rings. The number of hydrogen-bond acceptors (Lipinski definition) is 4. The van der Waals surface area contributed by atoms with Crippen molar-refractivity contribution in [1.82, 2.24) is 0 Å². The minimum Gasteiger partial charge on any atom is -0.455 e. The summed E-state index contributed by atoms with van der Waals surface area (Å²) in [6.07, 6.45) is 0. The van der Waals surface area contributed by atoms with Gasteiger partial charge in [-0.1, -0.05) is 54.2 Å². The third-order valence-electron chi connectivity index (χ3n) is 6.43. The summed E-state index contributed by atoms with van der Waals surface area (Å²) >= 11 is 1.56. The largest absolute Gasteiger partial charge is 0.455 e. The van der Waals surface area contributed by atoms with Crippen LogP contribution < -0.4 is 14.0 Å². The molecule has 0 radical (unpaired) electrons. The Kier molecular flexibility index (Phi) is 6.18. The van der Waals surface area contributed by atoms with Crippen molar-refractivity contribution in [2.24, 2.45) is 0 Å². The number of rotatable bonds is 5. The Bertz CT molecular complexity index is 1740. The van der Waals surface area contributed by atoms with Gasteiger partial charge in [-0.25, -0.2) is 8.42 Å². The maximum absolute atomic E-state index is 13.2. The molecule has 38 heavy (non-hydrogen) atoms. The first-order valence-electron chi connectivity index (χ1n) is 12.2. The fourth-order valence-electron chi connectivity index (χ4n) is 4.68. The second-order valence-corrected chi connectivity index (χ2v) is 11.9. The molecule has 0 bridgehead atoms. The van der Waals surface area contributed by atoms with Crippen molar-refractivity contribution in [3.05, 3.63) is 121 Å². The molecule has 1 N–H and O–H groups in total. The van der Waals surface area contributed by atoms with Crippen LogP contribution in [-0.4, -0.2) is 8.42 Å². The van der Waals surface area contributed by atoms with Crippen molar-refractivity contribution >= 4 is 27.5 Å². The predicted molar refractivity (Wildman–Crippen MR) is 151 cm³/mol. The van der Waals surface area contributed by atoms with Crippen molar-refractivity contribution in [2.75, 3.05) is 4.72 Å². The van der Waals surface area contributed by atoms with Gasteiger partial charge in [0, 0.05) is 38.1 Å². The normalized spacial score (nSPS) is 12.3. The van der Waals surface area contributed by atoms with Crippen molar-refractivity contribution in [3.8, 4) is 28.3 Å². The summed E-state index contributed by atoms with van der Waals surface area (Å²) in [5, 5.41) is 0. The molecule has 0 spiro atoms. The third-order valence-corrected chi connectivity index (χ3v) is 8.92. The molecule has 5 nitrogen and oxygen atoms in total. The zero-order valence-corrected chi connectivity index (χ0v) is 22.5. The molecule has 0 saturated heterocycles. The number of sulfonamides is 1. The highest BCUT2D eigenvalue weighted by Crippen LogP contribution is 2.47.